The first kappa shape index (κ1) is 8.65. The molecule has 0 saturated heterocycles. The summed E-state index contributed by atoms with van der Waals surface area (Å²) in [6.07, 6.45) is 4.87. The average Bonchev–Trinajstić information content (AvgIpc) is 2.14. The summed E-state index contributed by atoms with van der Waals surface area (Å²) < 4.78 is 25.8. The van der Waals surface area contributed by atoms with Crippen molar-refractivity contribution in [2.45, 2.75) is 0 Å². The SMILES string of the molecule is C=CC1=C(F)C(=C)C=C(F)C=C1. The van der Waals surface area contributed by atoms with Crippen molar-refractivity contribution in [3.8, 4) is 0 Å². The van der Waals surface area contributed by atoms with Crippen molar-refractivity contribution in [3.05, 3.63) is 60.3 Å². The molecule has 0 nitrogen and oxygen atoms in total. The molecule has 0 aromatic heterocycles. The molecule has 0 fully saturated rings. The van der Waals surface area contributed by atoms with E-state index in [1.807, 2.05) is 0 Å². The molecule has 0 N–H and O–H groups in total. The Morgan fingerprint density at radius 2 is 1.92 bits per heavy atom. The summed E-state index contributed by atoms with van der Waals surface area (Å²) in [6, 6.07) is 0. The highest BCUT2D eigenvalue weighted by atomic mass is 19.1. The quantitative estimate of drug-likeness (QED) is 0.560. The van der Waals surface area contributed by atoms with Gasteiger partial charge in [-0.2, -0.15) is 0 Å². The van der Waals surface area contributed by atoms with Crippen LogP contribution in [-0.4, -0.2) is 0 Å². The monoisotopic (exact) mass is 166 g/mol. The molecule has 0 amide bonds. The van der Waals surface area contributed by atoms with Gasteiger partial charge in [0.25, 0.3) is 0 Å². The van der Waals surface area contributed by atoms with Gasteiger partial charge < -0.3 is 0 Å². The predicted octanol–water partition coefficient (Wildman–Crippen LogP) is 3.38. The molecule has 0 unspecified atom stereocenters. The lowest BCUT2D eigenvalue weighted by Crippen LogP contribution is -1.80. The Morgan fingerprint density at radius 1 is 1.25 bits per heavy atom. The minimum atomic E-state index is -0.533. The first-order chi connectivity index (χ1) is 5.65. The Labute approximate surface area is 69.9 Å². The summed E-state index contributed by atoms with van der Waals surface area (Å²) in [6.45, 7) is 6.77. The van der Waals surface area contributed by atoms with Gasteiger partial charge in [-0.05, 0) is 18.2 Å². The highest BCUT2D eigenvalue weighted by Crippen LogP contribution is 2.23. The van der Waals surface area contributed by atoms with E-state index in [9.17, 15) is 8.78 Å². The first-order valence-electron chi connectivity index (χ1n) is 3.42. The Balaban J connectivity index is 3.19. The van der Waals surface area contributed by atoms with E-state index in [0.717, 1.165) is 6.08 Å². The molecular weight excluding hydrogens is 158 g/mol. The normalized spacial score (nSPS) is 17.5. The molecule has 1 aliphatic carbocycles. The molecular formula is C10H8F2. The fourth-order valence-corrected chi connectivity index (χ4v) is 0.864. The summed E-state index contributed by atoms with van der Waals surface area (Å²) in [5.41, 5.74) is 0.288. The summed E-state index contributed by atoms with van der Waals surface area (Å²) >= 11 is 0. The molecule has 0 saturated carbocycles. The van der Waals surface area contributed by atoms with Crippen LogP contribution in [0.15, 0.2) is 60.3 Å². The van der Waals surface area contributed by atoms with Crippen LogP contribution in [0.4, 0.5) is 8.78 Å². The molecule has 0 aromatic carbocycles. The molecule has 0 bridgehead atoms. The number of rotatable bonds is 1. The maximum atomic E-state index is 13.1. The lowest BCUT2D eigenvalue weighted by molar-refractivity contribution is 0.646. The smallest absolute Gasteiger partial charge is 0.137 e. The van der Waals surface area contributed by atoms with E-state index in [4.69, 9.17) is 0 Å². The lowest BCUT2D eigenvalue weighted by Gasteiger charge is -1.96. The number of allylic oxidation sites excluding steroid dienone is 8. The number of hydrogen-bond acceptors (Lipinski definition) is 0. The van der Waals surface area contributed by atoms with Crippen LogP contribution < -0.4 is 0 Å². The van der Waals surface area contributed by atoms with Gasteiger partial charge in [0, 0.05) is 11.1 Å². The summed E-state index contributed by atoms with van der Waals surface area (Å²) in [5.74, 6) is -1.04. The number of hydrogen-bond donors (Lipinski definition) is 0. The molecule has 0 aromatic rings. The standard InChI is InChI=1S/C10H8F2/c1-3-8-4-5-9(11)6-7(2)10(8)12/h3-6H,1-2H2. The van der Waals surface area contributed by atoms with E-state index >= 15 is 0 Å². The van der Waals surface area contributed by atoms with Gasteiger partial charge >= 0.3 is 0 Å². The highest BCUT2D eigenvalue weighted by molar-refractivity contribution is 5.49. The molecule has 1 aliphatic rings. The van der Waals surface area contributed by atoms with Crippen molar-refractivity contribution in [2.75, 3.05) is 0 Å². The van der Waals surface area contributed by atoms with Crippen molar-refractivity contribution < 1.29 is 8.78 Å². The summed E-state index contributed by atoms with van der Waals surface area (Å²) in [7, 11) is 0. The average molecular weight is 166 g/mol. The number of halogens is 2. The fourth-order valence-electron chi connectivity index (χ4n) is 0.864. The third kappa shape index (κ3) is 1.59. The van der Waals surface area contributed by atoms with Gasteiger partial charge in [-0.3, -0.25) is 0 Å². The minimum absolute atomic E-state index is 0.0346. The third-order valence-corrected chi connectivity index (χ3v) is 1.49. The molecule has 2 heteroatoms. The molecule has 0 radical (unpaired) electrons. The molecule has 0 spiro atoms. The van der Waals surface area contributed by atoms with E-state index in [-0.39, 0.29) is 11.1 Å². The summed E-state index contributed by atoms with van der Waals surface area (Å²) in [4.78, 5) is 0. The van der Waals surface area contributed by atoms with Gasteiger partial charge in [0.05, 0.1) is 0 Å². The van der Waals surface area contributed by atoms with Crippen molar-refractivity contribution in [1.29, 1.82) is 0 Å². The van der Waals surface area contributed by atoms with Crippen LogP contribution in [0.25, 0.3) is 0 Å². The molecule has 62 valence electrons. The van der Waals surface area contributed by atoms with Crippen LogP contribution in [0.1, 0.15) is 0 Å². The van der Waals surface area contributed by atoms with E-state index in [0.29, 0.717) is 0 Å². The Bertz CT molecular complexity index is 317. The van der Waals surface area contributed by atoms with Crippen LogP contribution in [0, 0.1) is 0 Å². The molecule has 0 aliphatic heterocycles. The van der Waals surface area contributed by atoms with E-state index in [1.165, 1.54) is 18.2 Å². The predicted molar refractivity (Wildman–Crippen MR) is 45.8 cm³/mol. The molecule has 12 heavy (non-hydrogen) atoms. The first-order valence-corrected chi connectivity index (χ1v) is 3.42. The molecule has 0 atom stereocenters. The second kappa shape index (κ2) is 3.30. The van der Waals surface area contributed by atoms with Crippen molar-refractivity contribution in [2.24, 2.45) is 0 Å². The molecule has 0 heterocycles. The van der Waals surface area contributed by atoms with Gasteiger partial charge in [-0.15, -0.1) is 0 Å². The van der Waals surface area contributed by atoms with Crippen molar-refractivity contribution >= 4 is 0 Å². The topological polar surface area (TPSA) is 0 Å². The van der Waals surface area contributed by atoms with Crippen LogP contribution in [-0.2, 0) is 0 Å². The maximum Gasteiger partial charge on any atom is 0.137 e. The zero-order chi connectivity index (χ0) is 9.14. The maximum absolute atomic E-state index is 13.1. The van der Waals surface area contributed by atoms with Gasteiger partial charge in [-0.25, -0.2) is 8.78 Å². The van der Waals surface area contributed by atoms with E-state index in [1.54, 1.807) is 0 Å². The van der Waals surface area contributed by atoms with Crippen LogP contribution in [0.3, 0.4) is 0 Å². The lowest BCUT2D eigenvalue weighted by atomic mass is 10.1. The molecule has 1 rings (SSSR count). The summed E-state index contributed by atoms with van der Waals surface area (Å²) in [5, 5.41) is 0. The zero-order valence-corrected chi connectivity index (χ0v) is 6.48. The van der Waals surface area contributed by atoms with Crippen molar-refractivity contribution in [3.63, 3.8) is 0 Å². The second-order valence-electron chi connectivity index (χ2n) is 2.36. The Morgan fingerprint density at radius 3 is 2.50 bits per heavy atom. The van der Waals surface area contributed by atoms with Gasteiger partial charge in [0.2, 0.25) is 0 Å². The third-order valence-electron chi connectivity index (χ3n) is 1.49. The minimum Gasteiger partial charge on any atom is -0.207 e. The van der Waals surface area contributed by atoms with Gasteiger partial charge in [-0.1, -0.05) is 19.2 Å². The largest absolute Gasteiger partial charge is 0.207 e. The van der Waals surface area contributed by atoms with Gasteiger partial charge in [0.15, 0.2) is 0 Å². The zero-order valence-electron chi connectivity index (χ0n) is 6.48. The van der Waals surface area contributed by atoms with E-state index in [2.05, 4.69) is 13.2 Å². The fraction of sp³-hybridized carbons (Fsp3) is 0. The highest BCUT2D eigenvalue weighted by Gasteiger charge is 2.07. The van der Waals surface area contributed by atoms with Gasteiger partial charge in [0.1, 0.15) is 11.7 Å². The Kier molecular flexibility index (Phi) is 2.38. The van der Waals surface area contributed by atoms with Crippen LogP contribution in [0.5, 0.6) is 0 Å². The van der Waals surface area contributed by atoms with Crippen molar-refractivity contribution in [1.82, 2.24) is 0 Å². The Hall–Kier alpha value is -1.44. The van der Waals surface area contributed by atoms with Crippen LogP contribution in [0.2, 0.25) is 0 Å². The van der Waals surface area contributed by atoms with Crippen LogP contribution >= 0.6 is 0 Å². The second-order valence-corrected chi connectivity index (χ2v) is 2.36. The van der Waals surface area contributed by atoms with E-state index < -0.39 is 11.7 Å².